The van der Waals surface area contributed by atoms with Crippen molar-refractivity contribution in [3.05, 3.63) is 0 Å². The van der Waals surface area contributed by atoms with Gasteiger partial charge in [-0.05, 0) is 6.92 Å². The van der Waals surface area contributed by atoms with Crippen LogP contribution in [0.3, 0.4) is 0 Å². The molecule has 5 heteroatoms. The number of nitrogens with one attached hydrogen (secondary N) is 1. The first-order valence-electron chi connectivity index (χ1n) is 5.46. The van der Waals surface area contributed by atoms with Crippen LogP contribution >= 0.6 is 0 Å². The number of rotatable bonds is 1. The third kappa shape index (κ3) is 2.30. The Bertz CT molecular complexity index is 237. The lowest BCUT2D eigenvalue weighted by atomic mass is 10.0. The maximum absolute atomic E-state index is 11.5. The summed E-state index contributed by atoms with van der Waals surface area (Å²) in [4.78, 5) is 13.3. The molecule has 1 amide bonds. The third-order valence-electron chi connectivity index (χ3n) is 2.95. The molecule has 2 aliphatic heterocycles. The van der Waals surface area contributed by atoms with Crippen molar-refractivity contribution < 1.29 is 14.3 Å². The van der Waals surface area contributed by atoms with Crippen LogP contribution in [0.5, 0.6) is 0 Å². The Labute approximate surface area is 89.7 Å². The second-order valence-electron chi connectivity index (χ2n) is 4.11. The Kier molecular flexibility index (Phi) is 3.23. The number of carbonyl (C=O) groups excluding carboxylic acids is 1. The predicted molar refractivity (Wildman–Crippen MR) is 54.6 cm³/mol. The summed E-state index contributed by atoms with van der Waals surface area (Å²) >= 11 is 0. The highest BCUT2D eigenvalue weighted by Crippen LogP contribution is 2.19. The van der Waals surface area contributed by atoms with E-state index in [4.69, 9.17) is 9.47 Å². The van der Waals surface area contributed by atoms with Crippen molar-refractivity contribution in [2.24, 2.45) is 0 Å². The third-order valence-corrected chi connectivity index (χ3v) is 2.95. The Morgan fingerprint density at radius 3 is 3.27 bits per heavy atom. The van der Waals surface area contributed by atoms with Crippen LogP contribution in [0.25, 0.3) is 0 Å². The maximum Gasteiger partial charge on any atom is 0.248 e. The summed E-state index contributed by atoms with van der Waals surface area (Å²) in [6.07, 6.45) is 0. The number of likely N-dealkylation sites (N-methyl/N-ethyl adjacent to an activating group) is 1. The van der Waals surface area contributed by atoms with Gasteiger partial charge in [0.05, 0.1) is 19.8 Å². The van der Waals surface area contributed by atoms with Gasteiger partial charge in [0.25, 0.3) is 0 Å². The number of morpholine rings is 1. The molecule has 0 saturated carbocycles. The highest BCUT2D eigenvalue weighted by atomic mass is 16.5. The van der Waals surface area contributed by atoms with Gasteiger partial charge in [0, 0.05) is 19.6 Å². The van der Waals surface area contributed by atoms with Crippen molar-refractivity contribution in [3.63, 3.8) is 0 Å². The van der Waals surface area contributed by atoms with Gasteiger partial charge in [-0.1, -0.05) is 0 Å². The zero-order valence-corrected chi connectivity index (χ0v) is 9.12. The molecule has 0 aliphatic carbocycles. The molecule has 0 aromatic carbocycles. The molecule has 2 fully saturated rings. The van der Waals surface area contributed by atoms with Crippen molar-refractivity contribution >= 4 is 5.91 Å². The Hall–Kier alpha value is -0.650. The van der Waals surface area contributed by atoms with Crippen molar-refractivity contribution in [3.8, 4) is 0 Å². The van der Waals surface area contributed by atoms with Crippen LogP contribution in [0, 0.1) is 0 Å². The minimum absolute atomic E-state index is 0.0763. The summed E-state index contributed by atoms with van der Waals surface area (Å²) in [5.41, 5.74) is -0.333. The molecule has 0 radical (unpaired) electrons. The number of amides is 1. The molecule has 2 aliphatic rings. The van der Waals surface area contributed by atoms with E-state index < -0.39 is 0 Å². The van der Waals surface area contributed by atoms with E-state index in [9.17, 15) is 4.79 Å². The van der Waals surface area contributed by atoms with Gasteiger partial charge in [0.2, 0.25) is 5.91 Å². The molecule has 0 unspecified atom stereocenters. The summed E-state index contributed by atoms with van der Waals surface area (Å²) < 4.78 is 11.1. The van der Waals surface area contributed by atoms with Gasteiger partial charge in [0.1, 0.15) is 12.2 Å². The normalized spacial score (nSPS) is 33.1. The average Bonchev–Trinajstić information content (AvgIpc) is 2.48. The van der Waals surface area contributed by atoms with Gasteiger partial charge < -0.3 is 19.7 Å². The van der Waals surface area contributed by atoms with Crippen LogP contribution in [0.2, 0.25) is 0 Å². The number of nitrogens with zero attached hydrogens (tertiary/aromatic N) is 1. The monoisotopic (exact) mass is 214 g/mol. The Morgan fingerprint density at radius 2 is 2.47 bits per heavy atom. The van der Waals surface area contributed by atoms with E-state index in [-0.39, 0.29) is 18.1 Å². The topological polar surface area (TPSA) is 50.8 Å². The van der Waals surface area contributed by atoms with E-state index in [1.54, 1.807) is 0 Å². The summed E-state index contributed by atoms with van der Waals surface area (Å²) in [6.45, 7) is 6.44. The van der Waals surface area contributed by atoms with E-state index in [1.807, 2.05) is 11.8 Å². The van der Waals surface area contributed by atoms with Crippen LogP contribution < -0.4 is 5.32 Å². The molecule has 5 nitrogen and oxygen atoms in total. The molecular formula is C10H18N2O3. The van der Waals surface area contributed by atoms with Crippen molar-refractivity contribution in [2.75, 3.05) is 46.0 Å². The summed E-state index contributed by atoms with van der Waals surface area (Å²) in [6, 6.07) is 0. The van der Waals surface area contributed by atoms with E-state index in [1.165, 1.54) is 0 Å². The predicted octanol–water partition coefficient (Wildman–Crippen LogP) is -0.776. The average molecular weight is 214 g/mol. The van der Waals surface area contributed by atoms with Crippen molar-refractivity contribution in [1.29, 1.82) is 0 Å². The molecule has 2 rings (SSSR count). The number of hydrogen-bond donors (Lipinski definition) is 1. The molecule has 2 saturated heterocycles. The summed E-state index contributed by atoms with van der Waals surface area (Å²) in [5, 5.41) is 3.28. The Balaban J connectivity index is 2.04. The highest BCUT2D eigenvalue weighted by molar-refractivity contribution is 5.78. The quantitative estimate of drug-likeness (QED) is 0.622. The van der Waals surface area contributed by atoms with E-state index in [0.717, 1.165) is 19.6 Å². The number of ether oxygens (including phenoxy) is 2. The minimum atomic E-state index is -0.333. The van der Waals surface area contributed by atoms with Gasteiger partial charge in [-0.2, -0.15) is 0 Å². The molecule has 86 valence electrons. The van der Waals surface area contributed by atoms with E-state index in [2.05, 4.69) is 5.32 Å². The molecule has 1 atom stereocenters. The molecule has 0 aromatic heterocycles. The van der Waals surface area contributed by atoms with Gasteiger partial charge in [0.15, 0.2) is 0 Å². The standard InChI is InChI=1S/C10H18N2O3/c1-2-12-7-10(15-5-9(12)13)6-11-3-4-14-8-10/h11H,2-8H2,1H3/t10-/m1/s1. The van der Waals surface area contributed by atoms with Crippen LogP contribution in [-0.4, -0.2) is 62.4 Å². The molecule has 2 heterocycles. The highest BCUT2D eigenvalue weighted by Gasteiger charge is 2.40. The lowest BCUT2D eigenvalue weighted by Gasteiger charge is -2.41. The zero-order valence-electron chi connectivity index (χ0n) is 9.12. The number of carbonyl (C=O) groups is 1. The van der Waals surface area contributed by atoms with Crippen LogP contribution in [0.4, 0.5) is 0 Å². The smallest absolute Gasteiger partial charge is 0.248 e. The molecule has 1 spiro atoms. The van der Waals surface area contributed by atoms with Crippen LogP contribution in [0.1, 0.15) is 6.92 Å². The minimum Gasteiger partial charge on any atom is -0.377 e. The van der Waals surface area contributed by atoms with E-state index in [0.29, 0.717) is 19.8 Å². The van der Waals surface area contributed by atoms with E-state index >= 15 is 0 Å². The molecule has 1 N–H and O–H groups in total. The van der Waals surface area contributed by atoms with Crippen molar-refractivity contribution in [2.45, 2.75) is 12.5 Å². The lowest BCUT2D eigenvalue weighted by Crippen LogP contribution is -2.60. The fourth-order valence-corrected chi connectivity index (χ4v) is 2.04. The Morgan fingerprint density at radius 1 is 1.60 bits per heavy atom. The fourth-order valence-electron chi connectivity index (χ4n) is 2.04. The SMILES string of the molecule is CCN1C[C@@]2(CNCCOC2)OCC1=O. The molecule has 15 heavy (non-hydrogen) atoms. The largest absolute Gasteiger partial charge is 0.377 e. The second kappa shape index (κ2) is 4.47. The summed E-state index contributed by atoms with van der Waals surface area (Å²) in [5.74, 6) is 0.0763. The van der Waals surface area contributed by atoms with Gasteiger partial charge in [-0.3, -0.25) is 4.79 Å². The van der Waals surface area contributed by atoms with Crippen LogP contribution in [-0.2, 0) is 14.3 Å². The van der Waals surface area contributed by atoms with Gasteiger partial charge >= 0.3 is 0 Å². The van der Waals surface area contributed by atoms with Gasteiger partial charge in [-0.15, -0.1) is 0 Å². The van der Waals surface area contributed by atoms with Gasteiger partial charge in [-0.25, -0.2) is 0 Å². The molecular weight excluding hydrogens is 196 g/mol. The fraction of sp³-hybridized carbons (Fsp3) is 0.900. The number of hydrogen-bond acceptors (Lipinski definition) is 4. The molecule has 0 aromatic rings. The first-order chi connectivity index (χ1) is 7.26. The lowest BCUT2D eigenvalue weighted by molar-refractivity contribution is -0.169. The van der Waals surface area contributed by atoms with Crippen LogP contribution in [0.15, 0.2) is 0 Å². The van der Waals surface area contributed by atoms with Crippen molar-refractivity contribution in [1.82, 2.24) is 10.2 Å². The zero-order chi connectivity index (χ0) is 10.7. The maximum atomic E-state index is 11.5. The summed E-state index contributed by atoms with van der Waals surface area (Å²) in [7, 11) is 0. The second-order valence-corrected chi connectivity index (χ2v) is 4.11. The first-order valence-corrected chi connectivity index (χ1v) is 5.46. The first kappa shape index (κ1) is 10.9. The molecule has 0 bridgehead atoms.